The molecule has 2 aromatic carbocycles. The summed E-state index contributed by atoms with van der Waals surface area (Å²) in [6.07, 6.45) is 2.29. The Morgan fingerprint density at radius 3 is 2.39 bits per heavy atom. The fourth-order valence-electron chi connectivity index (χ4n) is 3.60. The summed E-state index contributed by atoms with van der Waals surface area (Å²) in [6.45, 7) is 9.25. The van der Waals surface area contributed by atoms with E-state index in [2.05, 4.69) is 51.2 Å². The molecule has 0 fully saturated rings. The molecule has 1 aliphatic heterocycles. The fourth-order valence-corrected chi connectivity index (χ4v) is 3.60. The molecule has 1 atom stereocenters. The van der Waals surface area contributed by atoms with Crippen LogP contribution in [0.2, 0.25) is 0 Å². The molecular formula is C21H27NO. The van der Waals surface area contributed by atoms with Gasteiger partial charge in [0, 0.05) is 17.3 Å². The predicted octanol–water partition coefficient (Wildman–Crippen LogP) is 5.89. The van der Waals surface area contributed by atoms with Crippen LogP contribution in [0, 0.1) is 11.8 Å². The fraction of sp³-hybridized carbons (Fsp3) is 0.429. The first-order chi connectivity index (χ1) is 11.0. The van der Waals surface area contributed by atoms with Gasteiger partial charge in [0.15, 0.2) is 0 Å². The minimum Gasteiger partial charge on any atom is -0.457 e. The minimum atomic E-state index is 0.169. The third-order valence-corrected chi connectivity index (χ3v) is 4.83. The lowest BCUT2D eigenvalue weighted by Gasteiger charge is -2.36. The Balaban J connectivity index is 1.82. The molecule has 0 radical (unpaired) electrons. The first kappa shape index (κ1) is 15.9. The molecule has 3 rings (SSSR count). The standard InChI is InChI=1S/C21H27NO/c1-15(2)13-21(16(3)4)14-17-10-11-19(12-20(17)22-21)23-18-8-6-5-7-9-18/h5-12,15-16,22H,13-14H2,1-4H3. The van der Waals surface area contributed by atoms with Crippen LogP contribution in [0.3, 0.4) is 0 Å². The van der Waals surface area contributed by atoms with E-state index in [0.29, 0.717) is 11.8 Å². The van der Waals surface area contributed by atoms with Gasteiger partial charge < -0.3 is 10.1 Å². The largest absolute Gasteiger partial charge is 0.457 e. The Labute approximate surface area is 139 Å². The Kier molecular flexibility index (Phi) is 4.34. The summed E-state index contributed by atoms with van der Waals surface area (Å²) in [4.78, 5) is 0. The highest BCUT2D eigenvalue weighted by atomic mass is 16.5. The lowest BCUT2D eigenvalue weighted by molar-refractivity contribution is 0.291. The molecule has 2 aromatic rings. The van der Waals surface area contributed by atoms with Crippen LogP contribution in [0.25, 0.3) is 0 Å². The van der Waals surface area contributed by atoms with Gasteiger partial charge in [-0.3, -0.25) is 0 Å². The summed E-state index contributed by atoms with van der Waals surface area (Å²) >= 11 is 0. The van der Waals surface area contributed by atoms with E-state index < -0.39 is 0 Å². The topological polar surface area (TPSA) is 21.3 Å². The van der Waals surface area contributed by atoms with Crippen LogP contribution >= 0.6 is 0 Å². The Morgan fingerprint density at radius 2 is 1.74 bits per heavy atom. The van der Waals surface area contributed by atoms with Gasteiger partial charge in [-0.1, -0.05) is 52.0 Å². The van der Waals surface area contributed by atoms with E-state index in [-0.39, 0.29) is 5.54 Å². The van der Waals surface area contributed by atoms with Gasteiger partial charge in [-0.2, -0.15) is 0 Å². The van der Waals surface area contributed by atoms with Gasteiger partial charge in [-0.15, -0.1) is 0 Å². The van der Waals surface area contributed by atoms with E-state index in [1.807, 2.05) is 30.3 Å². The number of hydrogen-bond acceptors (Lipinski definition) is 2. The van der Waals surface area contributed by atoms with Crippen molar-refractivity contribution in [1.29, 1.82) is 0 Å². The van der Waals surface area contributed by atoms with Crippen molar-refractivity contribution in [3.05, 3.63) is 54.1 Å². The van der Waals surface area contributed by atoms with Crippen molar-refractivity contribution < 1.29 is 4.74 Å². The Morgan fingerprint density at radius 1 is 1.00 bits per heavy atom. The van der Waals surface area contributed by atoms with Gasteiger partial charge in [-0.25, -0.2) is 0 Å². The number of nitrogens with one attached hydrogen (secondary N) is 1. The zero-order chi connectivity index (χ0) is 16.4. The van der Waals surface area contributed by atoms with E-state index in [9.17, 15) is 0 Å². The van der Waals surface area contributed by atoms with Crippen LogP contribution < -0.4 is 10.1 Å². The molecule has 0 bridgehead atoms. The second-order valence-corrected chi connectivity index (χ2v) is 7.44. The van der Waals surface area contributed by atoms with Crippen molar-refractivity contribution in [2.24, 2.45) is 11.8 Å². The predicted molar refractivity (Wildman–Crippen MR) is 97.3 cm³/mol. The molecule has 0 aliphatic carbocycles. The highest BCUT2D eigenvalue weighted by Gasteiger charge is 2.39. The Hall–Kier alpha value is -1.96. The molecule has 1 N–H and O–H groups in total. The van der Waals surface area contributed by atoms with Gasteiger partial charge in [0.05, 0.1) is 0 Å². The molecule has 0 aromatic heterocycles. The molecule has 0 saturated carbocycles. The molecule has 1 unspecified atom stereocenters. The lowest BCUT2D eigenvalue weighted by Crippen LogP contribution is -2.43. The number of rotatable bonds is 5. The molecule has 23 heavy (non-hydrogen) atoms. The van der Waals surface area contributed by atoms with Crippen LogP contribution in [0.4, 0.5) is 5.69 Å². The zero-order valence-electron chi connectivity index (χ0n) is 14.6. The molecule has 0 amide bonds. The molecular weight excluding hydrogens is 282 g/mol. The number of anilines is 1. The Bertz CT molecular complexity index is 663. The third kappa shape index (κ3) is 3.36. The van der Waals surface area contributed by atoms with Crippen molar-refractivity contribution in [3.8, 4) is 11.5 Å². The molecule has 2 heteroatoms. The zero-order valence-corrected chi connectivity index (χ0v) is 14.6. The van der Waals surface area contributed by atoms with Gasteiger partial charge in [-0.05, 0) is 48.4 Å². The van der Waals surface area contributed by atoms with Crippen LogP contribution in [0.15, 0.2) is 48.5 Å². The van der Waals surface area contributed by atoms with Crippen molar-refractivity contribution in [3.63, 3.8) is 0 Å². The molecule has 1 aliphatic rings. The molecule has 122 valence electrons. The average molecular weight is 309 g/mol. The van der Waals surface area contributed by atoms with E-state index in [1.165, 1.54) is 17.7 Å². The van der Waals surface area contributed by atoms with Gasteiger partial charge >= 0.3 is 0 Å². The van der Waals surface area contributed by atoms with Gasteiger partial charge in [0.1, 0.15) is 11.5 Å². The summed E-state index contributed by atoms with van der Waals surface area (Å²) in [6, 6.07) is 16.4. The number of ether oxygens (including phenoxy) is 1. The summed E-state index contributed by atoms with van der Waals surface area (Å²) in [5.74, 6) is 3.05. The van der Waals surface area contributed by atoms with Crippen LogP contribution in [0.1, 0.15) is 39.7 Å². The summed E-state index contributed by atoms with van der Waals surface area (Å²) in [7, 11) is 0. The first-order valence-corrected chi connectivity index (χ1v) is 8.62. The summed E-state index contributed by atoms with van der Waals surface area (Å²) in [5, 5.41) is 3.82. The molecule has 0 spiro atoms. The third-order valence-electron chi connectivity index (χ3n) is 4.83. The number of hydrogen-bond donors (Lipinski definition) is 1. The number of benzene rings is 2. The number of para-hydroxylation sites is 1. The number of fused-ring (bicyclic) bond motifs is 1. The highest BCUT2D eigenvalue weighted by molar-refractivity contribution is 5.62. The van der Waals surface area contributed by atoms with Gasteiger partial charge in [0.25, 0.3) is 0 Å². The van der Waals surface area contributed by atoms with Crippen molar-refractivity contribution in [2.45, 2.75) is 46.1 Å². The molecule has 0 saturated heterocycles. The second kappa shape index (κ2) is 6.27. The summed E-state index contributed by atoms with van der Waals surface area (Å²) < 4.78 is 5.97. The van der Waals surface area contributed by atoms with Crippen molar-refractivity contribution in [1.82, 2.24) is 0 Å². The smallest absolute Gasteiger partial charge is 0.129 e. The van der Waals surface area contributed by atoms with E-state index in [4.69, 9.17) is 4.74 Å². The normalized spacial score (nSPS) is 19.7. The molecule has 2 nitrogen and oxygen atoms in total. The van der Waals surface area contributed by atoms with Crippen molar-refractivity contribution in [2.75, 3.05) is 5.32 Å². The maximum Gasteiger partial charge on any atom is 0.129 e. The van der Waals surface area contributed by atoms with Gasteiger partial charge in [0.2, 0.25) is 0 Å². The molecule has 1 heterocycles. The summed E-state index contributed by atoms with van der Waals surface area (Å²) in [5.41, 5.74) is 2.80. The van der Waals surface area contributed by atoms with E-state index in [1.54, 1.807) is 0 Å². The van der Waals surface area contributed by atoms with Crippen LogP contribution in [0.5, 0.6) is 11.5 Å². The lowest BCUT2D eigenvalue weighted by atomic mass is 9.78. The van der Waals surface area contributed by atoms with E-state index in [0.717, 1.165) is 17.9 Å². The monoisotopic (exact) mass is 309 g/mol. The second-order valence-electron chi connectivity index (χ2n) is 7.44. The van der Waals surface area contributed by atoms with Crippen LogP contribution in [-0.2, 0) is 6.42 Å². The maximum atomic E-state index is 5.97. The average Bonchev–Trinajstić information content (AvgIpc) is 2.86. The van der Waals surface area contributed by atoms with E-state index >= 15 is 0 Å². The van der Waals surface area contributed by atoms with Crippen molar-refractivity contribution >= 4 is 5.69 Å². The first-order valence-electron chi connectivity index (χ1n) is 8.62. The SMILES string of the molecule is CC(C)CC1(C(C)C)Cc2ccc(Oc3ccccc3)cc2N1. The maximum absolute atomic E-state index is 5.97. The minimum absolute atomic E-state index is 0.169. The van der Waals surface area contributed by atoms with Crippen LogP contribution in [-0.4, -0.2) is 5.54 Å². The highest BCUT2D eigenvalue weighted by Crippen LogP contribution is 2.42. The quantitative estimate of drug-likeness (QED) is 0.743.